The Bertz CT molecular complexity index is 428. The molecule has 0 aliphatic carbocycles. The lowest BCUT2D eigenvalue weighted by Crippen LogP contribution is -2.53. The minimum atomic E-state index is -1.74. The van der Waals surface area contributed by atoms with Crippen molar-refractivity contribution >= 4 is 11.9 Å². The molecule has 0 bridgehead atoms. The Labute approximate surface area is 169 Å². The van der Waals surface area contributed by atoms with Crippen LogP contribution >= 0.6 is 0 Å². The van der Waals surface area contributed by atoms with Gasteiger partial charge < -0.3 is 28.4 Å². The summed E-state index contributed by atoms with van der Waals surface area (Å²) in [6.07, 6.45) is 0.919. The van der Waals surface area contributed by atoms with Gasteiger partial charge in [0.05, 0.1) is 6.61 Å². The Hall–Kier alpha value is -1.22. The van der Waals surface area contributed by atoms with Crippen LogP contribution in [0, 0.1) is 0 Å². The predicted molar refractivity (Wildman–Crippen MR) is 103 cm³/mol. The minimum absolute atomic E-state index is 0.162. The quantitative estimate of drug-likeness (QED) is 0.268. The molecule has 3 unspecified atom stereocenters. The maximum absolute atomic E-state index is 12.4. The highest BCUT2D eigenvalue weighted by Crippen LogP contribution is 2.27. The summed E-state index contributed by atoms with van der Waals surface area (Å²) in [5.41, 5.74) is 0. The van der Waals surface area contributed by atoms with Crippen LogP contribution in [0.1, 0.15) is 73.6 Å². The van der Waals surface area contributed by atoms with Gasteiger partial charge in [-0.25, -0.2) is 0 Å². The maximum Gasteiger partial charge on any atom is 0.357 e. The van der Waals surface area contributed by atoms with Crippen LogP contribution in [0.4, 0.5) is 0 Å². The van der Waals surface area contributed by atoms with Gasteiger partial charge in [0.2, 0.25) is 6.29 Å². The molecule has 0 saturated heterocycles. The van der Waals surface area contributed by atoms with Crippen molar-refractivity contribution in [2.24, 2.45) is 0 Å². The second-order valence-corrected chi connectivity index (χ2v) is 6.01. The summed E-state index contributed by atoms with van der Waals surface area (Å²) in [5, 5.41) is 0. The van der Waals surface area contributed by atoms with E-state index in [1.807, 2.05) is 20.8 Å². The number of carbonyl (C=O) groups excluding carboxylic acids is 2. The number of rotatable bonds is 17. The minimum Gasteiger partial charge on any atom is -0.433 e. The van der Waals surface area contributed by atoms with Gasteiger partial charge in [-0.1, -0.05) is 27.2 Å². The maximum atomic E-state index is 12.4. The van der Waals surface area contributed by atoms with E-state index < -0.39 is 30.3 Å². The number of esters is 2. The molecule has 0 heterocycles. The number of carbonyl (C=O) groups is 2. The van der Waals surface area contributed by atoms with Crippen LogP contribution in [-0.2, 0) is 38.0 Å². The largest absolute Gasteiger partial charge is 0.433 e. The van der Waals surface area contributed by atoms with E-state index in [9.17, 15) is 9.59 Å². The van der Waals surface area contributed by atoms with Gasteiger partial charge in [0, 0.05) is 26.1 Å². The molecule has 0 amide bonds. The zero-order valence-electron chi connectivity index (χ0n) is 18.3. The fourth-order valence-electron chi connectivity index (χ4n) is 2.47. The van der Waals surface area contributed by atoms with E-state index in [0.717, 1.165) is 6.42 Å². The lowest BCUT2D eigenvalue weighted by atomic mass is 10.2. The molecule has 0 aliphatic heterocycles. The summed E-state index contributed by atoms with van der Waals surface area (Å²) >= 11 is 0. The van der Waals surface area contributed by atoms with Crippen LogP contribution in [0.5, 0.6) is 0 Å². The summed E-state index contributed by atoms with van der Waals surface area (Å²) in [6, 6.07) is 0. The lowest BCUT2D eigenvalue weighted by molar-refractivity contribution is -0.408. The lowest BCUT2D eigenvalue weighted by Gasteiger charge is -2.38. The third-order valence-electron chi connectivity index (χ3n) is 3.79. The van der Waals surface area contributed by atoms with Crippen LogP contribution in [0.2, 0.25) is 0 Å². The van der Waals surface area contributed by atoms with E-state index in [2.05, 4.69) is 0 Å². The van der Waals surface area contributed by atoms with Crippen LogP contribution in [0.25, 0.3) is 0 Å². The summed E-state index contributed by atoms with van der Waals surface area (Å²) in [7, 11) is 0. The van der Waals surface area contributed by atoms with Crippen molar-refractivity contribution in [3.05, 3.63) is 0 Å². The normalized spacial score (nSPS) is 15.5. The number of hydrogen-bond acceptors (Lipinski definition) is 8. The van der Waals surface area contributed by atoms with Crippen molar-refractivity contribution in [1.29, 1.82) is 0 Å². The third kappa shape index (κ3) is 9.82. The van der Waals surface area contributed by atoms with Gasteiger partial charge in [-0.3, -0.25) is 9.59 Å². The molecule has 8 nitrogen and oxygen atoms in total. The van der Waals surface area contributed by atoms with E-state index in [-0.39, 0.29) is 26.1 Å². The van der Waals surface area contributed by atoms with Crippen molar-refractivity contribution in [2.75, 3.05) is 26.4 Å². The molecular weight excluding hydrogens is 368 g/mol. The molecule has 0 aromatic rings. The van der Waals surface area contributed by atoms with Gasteiger partial charge in [0.15, 0.2) is 6.10 Å². The average Bonchev–Trinajstić information content (AvgIpc) is 2.68. The Morgan fingerprint density at radius 3 is 2.04 bits per heavy atom. The average molecular weight is 407 g/mol. The zero-order valence-corrected chi connectivity index (χ0v) is 18.3. The van der Waals surface area contributed by atoms with Crippen LogP contribution in [0.15, 0.2) is 0 Å². The predicted octanol–water partition coefficient (Wildman–Crippen LogP) is 3.56. The Morgan fingerprint density at radius 2 is 1.54 bits per heavy atom. The molecular formula is C20H38O8. The summed E-state index contributed by atoms with van der Waals surface area (Å²) < 4.78 is 33.7. The van der Waals surface area contributed by atoms with Gasteiger partial charge in [0.1, 0.15) is 6.61 Å². The van der Waals surface area contributed by atoms with Crippen molar-refractivity contribution in [2.45, 2.75) is 92.0 Å². The van der Waals surface area contributed by atoms with Crippen molar-refractivity contribution in [3.8, 4) is 0 Å². The standard InChI is InChI=1S/C20H38O8/c1-7-13-14-18(22)28-20(25-12-6,16(8-2)23-10-4)26-15-19(24-11-5)27-17(21)9-3/h16,19H,7-15H2,1-6H3. The smallest absolute Gasteiger partial charge is 0.357 e. The fraction of sp³-hybridized carbons (Fsp3) is 0.900. The Morgan fingerprint density at radius 1 is 0.857 bits per heavy atom. The Balaban J connectivity index is 5.49. The third-order valence-corrected chi connectivity index (χ3v) is 3.79. The van der Waals surface area contributed by atoms with Crippen molar-refractivity contribution < 1.29 is 38.0 Å². The SMILES string of the molecule is CCCCC(=O)OC(OCC)(OCC(OCC)OC(=O)CC)C(CC)OCC. The Kier molecular flexibility index (Phi) is 15.0. The molecule has 0 aromatic heterocycles. The first kappa shape index (κ1) is 26.8. The number of unbranched alkanes of at least 4 members (excludes halogenated alkanes) is 1. The molecule has 3 atom stereocenters. The molecule has 0 radical (unpaired) electrons. The first-order valence-corrected chi connectivity index (χ1v) is 10.3. The van der Waals surface area contributed by atoms with Gasteiger partial charge in [0.25, 0.3) is 0 Å². The van der Waals surface area contributed by atoms with E-state index in [4.69, 9.17) is 28.4 Å². The van der Waals surface area contributed by atoms with Crippen LogP contribution in [-0.4, -0.2) is 56.7 Å². The zero-order chi connectivity index (χ0) is 21.4. The molecule has 0 saturated carbocycles. The van der Waals surface area contributed by atoms with Gasteiger partial charge in [-0.2, -0.15) is 0 Å². The molecule has 166 valence electrons. The highest BCUT2D eigenvalue weighted by atomic mass is 16.9. The topological polar surface area (TPSA) is 89.5 Å². The highest BCUT2D eigenvalue weighted by Gasteiger charge is 2.46. The first-order valence-electron chi connectivity index (χ1n) is 10.3. The molecule has 28 heavy (non-hydrogen) atoms. The second-order valence-electron chi connectivity index (χ2n) is 6.01. The molecule has 0 N–H and O–H groups in total. The van der Waals surface area contributed by atoms with Crippen molar-refractivity contribution in [3.63, 3.8) is 0 Å². The number of ether oxygens (including phenoxy) is 6. The summed E-state index contributed by atoms with van der Waals surface area (Å²) in [5.74, 6) is -2.59. The van der Waals surface area contributed by atoms with Gasteiger partial charge >= 0.3 is 17.9 Å². The highest BCUT2D eigenvalue weighted by molar-refractivity contribution is 5.69. The van der Waals surface area contributed by atoms with Crippen LogP contribution in [0.3, 0.4) is 0 Å². The molecule has 0 spiro atoms. The summed E-state index contributed by atoms with van der Waals surface area (Å²) in [4.78, 5) is 24.0. The first-order chi connectivity index (χ1) is 13.4. The molecule has 0 aromatic carbocycles. The molecule has 0 fully saturated rings. The van der Waals surface area contributed by atoms with E-state index in [1.54, 1.807) is 20.8 Å². The van der Waals surface area contributed by atoms with Crippen LogP contribution < -0.4 is 0 Å². The molecule has 0 rings (SSSR count). The van der Waals surface area contributed by atoms with Gasteiger partial charge in [-0.05, 0) is 33.6 Å². The van der Waals surface area contributed by atoms with E-state index in [1.165, 1.54) is 0 Å². The fourth-order valence-corrected chi connectivity index (χ4v) is 2.47. The van der Waals surface area contributed by atoms with E-state index >= 15 is 0 Å². The monoisotopic (exact) mass is 406 g/mol. The van der Waals surface area contributed by atoms with Crippen molar-refractivity contribution in [1.82, 2.24) is 0 Å². The number of hydrogen-bond donors (Lipinski definition) is 0. The summed E-state index contributed by atoms with van der Waals surface area (Å²) in [6.45, 7) is 11.7. The second kappa shape index (κ2) is 15.7. The van der Waals surface area contributed by atoms with Gasteiger partial charge in [-0.15, -0.1) is 0 Å². The van der Waals surface area contributed by atoms with E-state index in [0.29, 0.717) is 26.1 Å². The molecule has 0 aliphatic rings. The molecule has 8 heteroatoms.